The number of anilines is 1. The molecule has 2 aromatic carbocycles. The van der Waals surface area contributed by atoms with E-state index in [-0.39, 0.29) is 5.91 Å². The zero-order valence-electron chi connectivity index (χ0n) is 13.1. The van der Waals surface area contributed by atoms with Crippen molar-refractivity contribution in [3.05, 3.63) is 72.4 Å². The van der Waals surface area contributed by atoms with Crippen LogP contribution in [-0.4, -0.2) is 18.0 Å². The Hall–Kier alpha value is -2.92. The molecule has 0 aliphatic heterocycles. The van der Waals surface area contributed by atoms with Crippen molar-refractivity contribution >= 4 is 28.5 Å². The highest BCUT2D eigenvalue weighted by atomic mass is 32.1. The van der Waals surface area contributed by atoms with Crippen LogP contribution < -0.4 is 10.1 Å². The second-order valence-electron chi connectivity index (χ2n) is 4.99. The van der Waals surface area contributed by atoms with E-state index < -0.39 is 0 Å². The van der Waals surface area contributed by atoms with Gasteiger partial charge in [-0.15, -0.1) is 0 Å². The van der Waals surface area contributed by atoms with Crippen LogP contribution in [0.2, 0.25) is 0 Å². The van der Waals surface area contributed by atoms with Gasteiger partial charge in [0, 0.05) is 12.3 Å². The lowest BCUT2D eigenvalue weighted by molar-refractivity contribution is -0.111. The number of ether oxygens (including phenoxy) is 1. The van der Waals surface area contributed by atoms with E-state index in [9.17, 15) is 4.79 Å². The fourth-order valence-corrected chi connectivity index (χ4v) is 2.93. The second-order valence-corrected chi connectivity index (χ2v) is 6.02. The summed E-state index contributed by atoms with van der Waals surface area (Å²) >= 11 is 1.45. The topological polar surface area (TPSA) is 51.2 Å². The van der Waals surface area contributed by atoms with Crippen molar-refractivity contribution in [2.45, 2.75) is 0 Å². The molecule has 120 valence electrons. The zero-order valence-corrected chi connectivity index (χ0v) is 13.9. The number of hydrogen-bond acceptors (Lipinski definition) is 4. The molecular formula is C19H16N2O2S. The van der Waals surface area contributed by atoms with Gasteiger partial charge in [0.25, 0.3) is 0 Å². The highest BCUT2D eigenvalue weighted by Gasteiger charge is 2.05. The fraction of sp³-hybridized carbons (Fsp3) is 0.0526. The minimum absolute atomic E-state index is 0.209. The quantitative estimate of drug-likeness (QED) is 0.699. The summed E-state index contributed by atoms with van der Waals surface area (Å²) in [5.41, 5.74) is 2.01. The average Bonchev–Trinajstić information content (AvgIpc) is 3.09. The number of thiazole rings is 1. The molecule has 1 aromatic heterocycles. The Balaban J connectivity index is 1.62. The average molecular weight is 336 g/mol. The van der Waals surface area contributed by atoms with Crippen molar-refractivity contribution in [2.24, 2.45) is 0 Å². The van der Waals surface area contributed by atoms with Crippen LogP contribution in [0.5, 0.6) is 5.75 Å². The molecule has 0 fully saturated rings. The first-order valence-corrected chi connectivity index (χ1v) is 8.20. The van der Waals surface area contributed by atoms with Crippen LogP contribution in [0.25, 0.3) is 16.5 Å². The molecule has 0 saturated heterocycles. The Morgan fingerprint density at radius 3 is 2.58 bits per heavy atom. The number of nitrogens with zero attached hydrogens (tertiary/aromatic N) is 1. The van der Waals surface area contributed by atoms with Crippen LogP contribution in [-0.2, 0) is 4.79 Å². The third-order valence-electron chi connectivity index (χ3n) is 3.34. The zero-order chi connectivity index (χ0) is 16.8. The summed E-state index contributed by atoms with van der Waals surface area (Å²) in [5, 5.41) is 3.36. The number of carbonyl (C=O) groups excluding carboxylic acids is 1. The van der Waals surface area contributed by atoms with Crippen LogP contribution in [0.4, 0.5) is 5.13 Å². The SMILES string of the molecule is COc1ccc(C=CC(=O)Nc2ncc(-c3ccccc3)s2)cc1. The van der Waals surface area contributed by atoms with Gasteiger partial charge in [-0.2, -0.15) is 0 Å². The van der Waals surface area contributed by atoms with E-state index >= 15 is 0 Å². The minimum atomic E-state index is -0.209. The summed E-state index contributed by atoms with van der Waals surface area (Å²) in [6.45, 7) is 0. The molecule has 0 aliphatic rings. The van der Waals surface area contributed by atoms with Crippen molar-refractivity contribution < 1.29 is 9.53 Å². The van der Waals surface area contributed by atoms with Gasteiger partial charge in [-0.3, -0.25) is 10.1 Å². The van der Waals surface area contributed by atoms with E-state index in [2.05, 4.69) is 10.3 Å². The van der Waals surface area contributed by atoms with Crippen molar-refractivity contribution in [1.29, 1.82) is 0 Å². The number of hydrogen-bond donors (Lipinski definition) is 1. The molecule has 5 heteroatoms. The predicted octanol–water partition coefficient (Wildman–Crippen LogP) is 4.47. The van der Waals surface area contributed by atoms with Crippen LogP contribution in [0.15, 0.2) is 66.9 Å². The molecule has 3 rings (SSSR count). The predicted molar refractivity (Wildman–Crippen MR) is 98.2 cm³/mol. The normalized spacial score (nSPS) is 10.7. The Kier molecular flexibility index (Phi) is 5.03. The summed E-state index contributed by atoms with van der Waals surface area (Å²) < 4.78 is 5.10. The van der Waals surface area contributed by atoms with Gasteiger partial charge in [0.05, 0.1) is 12.0 Å². The number of benzene rings is 2. The molecule has 0 spiro atoms. The Bertz CT molecular complexity index is 839. The molecule has 0 atom stereocenters. The van der Waals surface area contributed by atoms with Gasteiger partial charge in [0.15, 0.2) is 5.13 Å². The molecule has 24 heavy (non-hydrogen) atoms. The number of amides is 1. The molecule has 1 amide bonds. The molecule has 1 heterocycles. The molecule has 0 bridgehead atoms. The van der Waals surface area contributed by atoms with Gasteiger partial charge in [-0.05, 0) is 29.3 Å². The Morgan fingerprint density at radius 2 is 1.88 bits per heavy atom. The van der Waals surface area contributed by atoms with E-state index in [1.54, 1.807) is 19.4 Å². The fourth-order valence-electron chi connectivity index (χ4n) is 2.10. The summed E-state index contributed by atoms with van der Waals surface area (Å²) in [6, 6.07) is 17.4. The first kappa shape index (κ1) is 16.0. The summed E-state index contributed by atoms with van der Waals surface area (Å²) in [4.78, 5) is 17.3. The highest BCUT2D eigenvalue weighted by molar-refractivity contribution is 7.19. The first-order chi connectivity index (χ1) is 11.7. The number of aromatic nitrogens is 1. The van der Waals surface area contributed by atoms with E-state index in [1.807, 2.05) is 54.6 Å². The minimum Gasteiger partial charge on any atom is -0.497 e. The van der Waals surface area contributed by atoms with E-state index in [0.29, 0.717) is 5.13 Å². The lowest BCUT2D eigenvalue weighted by Crippen LogP contribution is -2.06. The smallest absolute Gasteiger partial charge is 0.250 e. The van der Waals surface area contributed by atoms with Gasteiger partial charge < -0.3 is 4.74 Å². The van der Waals surface area contributed by atoms with E-state index in [1.165, 1.54) is 17.4 Å². The maximum Gasteiger partial charge on any atom is 0.250 e. The third-order valence-corrected chi connectivity index (χ3v) is 4.30. The molecule has 0 unspecified atom stereocenters. The summed E-state index contributed by atoms with van der Waals surface area (Å²) in [5.74, 6) is 0.576. The largest absolute Gasteiger partial charge is 0.497 e. The van der Waals surface area contributed by atoms with E-state index in [0.717, 1.165) is 21.8 Å². The van der Waals surface area contributed by atoms with Gasteiger partial charge >= 0.3 is 0 Å². The van der Waals surface area contributed by atoms with Gasteiger partial charge in [0.1, 0.15) is 5.75 Å². The van der Waals surface area contributed by atoms with Crippen LogP contribution >= 0.6 is 11.3 Å². The number of rotatable bonds is 5. The van der Waals surface area contributed by atoms with Crippen LogP contribution in [0.1, 0.15) is 5.56 Å². The van der Waals surface area contributed by atoms with Crippen LogP contribution in [0, 0.1) is 0 Å². The maximum absolute atomic E-state index is 12.0. The monoisotopic (exact) mass is 336 g/mol. The van der Waals surface area contributed by atoms with Gasteiger partial charge in [-0.25, -0.2) is 4.98 Å². The first-order valence-electron chi connectivity index (χ1n) is 7.39. The molecule has 0 aliphatic carbocycles. The third kappa shape index (κ3) is 4.08. The molecule has 3 aromatic rings. The van der Waals surface area contributed by atoms with Crippen molar-refractivity contribution in [2.75, 3.05) is 12.4 Å². The lowest BCUT2D eigenvalue weighted by atomic mass is 10.2. The standard InChI is InChI=1S/C19H16N2O2S/c1-23-16-10-7-14(8-11-16)9-12-18(22)21-19-20-13-17(24-19)15-5-3-2-4-6-15/h2-13H,1H3,(H,20,21,22). The highest BCUT2D eigenvalue weighted by Crippen LogP contribution is 2.28. The Labute approximate surface area is 144 Å². The summed E-state index contributed by atoms with van der Waals surface area (Å²) in [6.07, 6.45) is 5.01. The van der Waals surface area contributed by atoms with E-state index in [4.69, 9.17) is 4.74 Å². The molecule has 4 nitrogen and oxygen atoms in total. The molecule has 0 saturated carbocycles. The van der Waals surface area contributed by atoms with Gasteiger partial charge in [0.2, 0.25) is 5.91 Å². The van der Waals surface area contributed by atoms with Gasteiger partial charge in [-0.1, -0.05) is 53.8 Å². The van der Waals surface area contributed by atoms with Crippen molar-refractivity contribution in [1.82, 2.24) is 4.98 Å². The second kappa shape index (κ2) is 7.57. The molecule has 0 radical (unpaired) electrons. The lowest BCUT2D eigenvalue weighted by Gasteiger charge is -1.99. The number of carbonyl (C=O) groups is 1. The number of nitrogens with one attached hydrogen (secondary N) is 1. The van der Waals surface area contributed by atoms with Crippen LogP contribution in [0.3, 0.4) is 0 Å². The van der Waals surface area contributed by atoms with Crippen molar-refractivity contribution in [3.63, 3.8) is 0 Å². The van der Waals surface area contributed by atoms with Crippen molar-refractivity contribution in [3.8, 4) is 16.2 Å². The molecular weight excluding hydrogens is 320 g/mol. The Morgan fingerprint density at radius 1 is 1.12 bits per heavy atom. The number of methoxy groups -OCH3 is 1. The molecule has 1 N–H and O–H groups in total. The maximum atomic E-state index is 12.0. The summed E-state index contributed by atoms with van der Waals surface area (Å²) in [7, 11) is 1.62.